The van der Waals surface area contributed by atoms with Gasteiger partial charge in [0.15, 0.2) is 0 Å². The molecule has 0 aliphatic carbocycles. The highest BCUT2D eigenvalue weighted by molar-refractivity contribution is 5.92. The lowest BCUT2D eigenvalue weighted by molar-refractivity contribution is 0.0762. The predicted molar refractivity (Wildman–Crippen MR) is 104 cm³/mol. The maximum atomic E-state index is 12.6. The largest absolute Gasteiger partial charge is 0.497 e. The van der Waals surface area contributed by atoms with Crippen LogP contribution in [0.5, 0.6) is 5.75 Å². The topological polar surface area (TPSA) is 61.5 Å². The third-order valence-corrected chi connectivity index (χ3v) is 5.37. The van der Waals surface area contributed by atoms with E-state index in [0.29, 0.717) is 23.6 Å². The molecule has 6 nitrogen and oxygen atoms in total. The molecule has 8 heteroatoms. The number of hydrogen-bond donors (Lipinski definition) is 1. The second-order valence-electron chi connectivity index (χ2n) is 6.76. The second kappa shape index (κ2) is 8.29. The molecule has 1 N–H and O–H groups in total. The number of carbonyl (C=O) groups excluding carboxylic acids is 1. The van der Waals surface area contributed by atoms with Gasteiger partial charge in [-0.2, -0.15) is 0 Å². The molecule has 4 rings (SSSR count). The summed E-state index contributed by atoms with van der Waals surface area (Å²) >= 11 is 0. The summed E-state index contributed by atoms with van der Waals surface area (Å²) in [5.41, 5.74) is 1.87. The summed E-state index contributed by atoms with van der Waals surface area (Å²) in [5.74, 6) is 1.92. The van der Waals surface area contributed by atoms with Gasteiger partial charge in [0, 0.05) is 31.6 Å². The van der Waals surface area contributed by atoms with E-state index in [4.69, 9.17) is 4.74 Å². The highest BCUT2D eigenvalue weighted by Gasteiger charge is 2.47. The Morgan fingerprint density at radius 2 is 1.92 bits per heavy atom. The summed E-state index contributed by atoms with van der Waals surface area (Å²) in [5, 5.41) is 0. The molecule has 0 radical (unpaired) electrons. The average molecular weight is 399 g/mol. The Morgan fingerprint density at radius 3 is 2.54 bits per heavy atom. The van der Waals surface area contributed by atoms with Crippen LogP contribution in [-0.4, -0.2) is 59.5 Å². The highest BCUT2D eigenvalue weighted by atomic mass is 35.5. The van der Waals surface area contributed by atoms with Gasteiger partial charge in [0.2, 0.25) is 0 Å². The van der Waals surface area contributed by atoms with Crippen LogP contribution in [0.2, 0.25) is 0 Å². The molecule has 3 heterocycles. The van der Waals surface area contributed by atoms with Crippen LogP contribution in [0.25, 0.3) is 0 Å². The van der Waals surface area contributed by atoms with Crippen LogP contribution in [0.15, 0.2) is 36.8 Å². The zero-order valence-electron chi connectivity index (χ0n) is 14.8. The van der Waals surface area contributed by atoms with Gasteiger partial charge in [-0.3, -0.25) is 9.69 Å². The fraction of sp³-hybridized carbons (Fsp3) is 0.444. The van der Waals surface area contributed by atoms with Gasteiger partial charge in [0.1, 0.15) is 11.4 Å². The van der Waals surface area contributed by atoms with E-state index >= 15 is 0 Å². The molecule has 1 amide bonds. The van der Waals surface area contributed by atoms with Crippen LogP contribution in [-0.2, 0) is 0 Å². The van der Waals surface area contributed by atoms with Gasteiger partial charge >= 0.3 is 0 Å². The third kappa shape index (κ3) is 3.54. The van der Waals surface area contributed by atoms with Crippen molar-refractivity contribution in [3.63, 3.8) is 0 Å². The molecule has 2 aliphatic heterocycles. The first-order valence-corrected chi connectivity index (χ1v) is 8.29. The molecule has 142 valence electrons. The minimum Gasteiger partial charge on any atom is -0.497 e. The Morgan fingerprint density at radius 1 is 1.19 bits per heavy atom. The van der Waals surface area contributed by atoms with Crippen LogP contribution in [0.3, 0.4) is 0 Å². The first-order valence-electron chi connectivity index (χ1n) is 8.29. The highest BCUT2D eigenvalue weighted by Crippen LogP contribution is 2.44. The number of methoxy groups -OCH3 is 1. The Kier molecular flexibility index (Phi) is 6.55. The van der Waals surface area contributed by atoms with E-state index in [1.807, 2.05) is 17.0 Å². The number of H-pyrrole nitrogens is 1. The number of benzene rings is 1. The third-order valence-electron chi connectivity index (χ3n) is 5.37. The molecule has 26 heavy (non-hydrogen) atoms. The maximum Gasteiger partial charge on any atom is 0.271 e. The molecular weight excluding hydrogens is 375 g/mol. The van der Waals surface area contributed by atoms with Crippen molar-refractivity contribution in [3.8, 4) is 5.75 Å². The molecule has 2 aliphatic rings. The Hall–Kier alpha value is -1.76. The molecule has 2 saturated heterocycles. The number of likely N-dealkylation sites (tertiary alicyclic amines) is 2. The van der Waals surface area contributed by atoms with E-state index in [-0.39, 0.29) is 30.7 Å². The zero-order chi connectivity index (χ0) is 16.7. The SMILES string of the molecule is COc1ccc([C@@H]2[C@@H]3CN(C(=O)c4cnc[nH]4)C[C@@H]3CN2C)cc1.Cl.Cl. The lowest BCUT2D eigenvalue weighted by atomic mass is 9.89. The van der Waals surface area contributed by atoms with Crippen molar-refractivity contribution < 1.29 is 9.53 Å². The van der Waals surface area contributed by atoms with Crippen LogP contribution in [0.4, 0.5) is 0 Å². The van der Waals surface area contributed by atoms with Gasteiger partial charge in [-0.1, -0.05) is 12.1 Å². The Labute approximate surface area is 165 Å². The van der Waals surface area contributed by atoms with Crippen molar-refractivity contribution >= 4 is 30.7 Å². The van der Waals surface area contributed by atoms with Crippen molar-refractivity contribution in [1.29, 1.82) is 0 Å². The predicted octanol–water partition coefficient (Wildman–Crippen LogP) is 2.64. The average Bonchev–Trinajstić information content (AvgIpc) is 3.30. The van der Waals surface area contributed by atoms with Crippen LogP contribution in [0, 0.1) is 11.8 Å². The van der Waals surface area contributed by atoms with E-state index in [1.54, 1.807) is 19.6 Å². The van der Waals surface area contributed by atoms with E-state index in [2.05, 4.69) is 34.0 Å². The number of carbonyl (C=O) groups is 1. The normalized spacial score (nSPS) is 24.5. The van der Waals surface area contributed by atoms with Crippen LogP contribution < -0.4 is 4.74 Å². The first-order chi connectivity index (χ1) is 11.7. The lowest BCUT2D eigenvalue weighted by Crippen LogP contribution is -2.33. The van der Waals surface area contributed by atoms with Gasteiger partial charge < -0.3 is 14.6 Å². The van der Waals surface area contributed by atoms with Crippen LogP contribution in [0.1, 0.15) is 22.1 Å². The van der Waals surface area contributed by atoms with E-state index in [9.17, 15) is 4.79 Å². The molecular formula is C18H24Cl2N4O2. The summed E-state index contributed by atoms with van der Waals surface area (Å²) < 4.78 is 5.26. The molecule has 2 fully saturated rings. The summed E-state index contributed by atoms with van der Waals surface area (Å²) in [4.78, 5) is 23.8. The number of amides is 1. The zero-order valence-corrected chi connectivity index (χ0v) is 16.4. The number of imidazole rings is 1. The maximum absolute atomic E-state index is 12.6. The number of ether oxygens (including phenoxy) is 1. The molecule has 0 spiro atoms. The molecule has 1 aromatic heterocycles. The smallest absolute Gasteiger partial charge is 0.271 e. The minimum atomic E-state index is 0. The second-order valence-corrected chi connectivity index (χ2v) is 6.76. The fourth-order valence-corrected chi connectivity index (χ4v) is 4.27. The number of fused-ring (bicyclic) bond motifs is 1. The summed E-state index contributed by atoms with van der Waals surface area (Å²) in [7, 11) is 3.86. The number of nitrogens with one attached hydrogen (secondary N) is 1. The van der Waals surface area contributed by atoms with Gasteiger partial charge in [-0.25, -0.2) is 4.98 Å². The standard InChI is InChI=1S/C18H22N4O2.2ClH/c1-21-8-13-9-22(18(23)16-7-19-11-20-16)10-15(13)17(21)12-3-5-14(24-2)6-4-12;;/h3-7,11,13,15,17H,8-10H2,1-2H3,(H,19,20);2*1H/t13-,15+,17+;;/m0../s1. The number of halogens is 2. The first kappa shape index (κ1) is 20.6. The molecule has 0 bridgehead atoms. The molecule has 2 aromatic rings. The summed E-state index contributed by atoms with van der Waals surface area (Å²) in [6.45, 7) is 2.64. The van der Waals surface area contributed by atoms with Crippen molar-refractivity contribution in [2.75, 3.05) is 33.8 Å². The Balaban J connectivity index is 0.00000121. The van der Waals surface area contributed by atoms with E-state index in [0.717, 1.165) is 25.4 Å². The summed E-state index contributed by atoms with van der Waals surface area (Å²) in [6, 6.07) is 8.65. The van der Waals surface area contributed by atoms with Crippen molar-refractivity contribution in [2.24, 2.45) is 11.8 Å². The van der Waals surface area contributed by atoms with Gasteiger partial charge in [-0.15, -0.1) is 24.8 Å². The van der Waals surface area contributed by atoms with Gasteiger partial charge in [0.05, 0.1) is 19.6 Å². The number of hydrogen-bond acceptors (Lipinski definition) is 4. The monoisotopic (exact) mass is 398 g/mol. The van der Waals surface area contributed by atoms with Crippen molar-refractivity contribution in [1.82, 2.24) is 19.8 Å². The molecule has 1 aromatic carbocycles. The number of aromatic nitrogens is 2. The molecule has 3 atom stereocenters. The fourth-order valence-electron chi connectivity index (χ4n) is 4.27. The van der Waals surface area contributed by atoms with E-state index in [1.165, 1.54) is 5.56 Å². The number of aromatic amines is 1. The minimum absolute atomic E-state index is 0. The van der Waals surface area contributed by atoms with E-state index < -0.39 is 0 Å². The van der Waals surface area contributed by atoms with Gasteiger partial charge in [0.25, 0.3) is 5.91 Å². The quantitative estimate of drug-likeness (QED) is 0.862. The molecule has 0 saturated carbocycles. The number of nitrogens with zero attached hydrogens (tertiary/aromatic N) is 3. The van der Waals surface area contributed by atoms with Crippen molar-refractivity contribution in [2.45, 2.75) is 6.04 Å². The van der Waals surface area contributed by atoms with Gasteiger partial charge in [-0.05, 0) is 30.7 Å². The van der Waals surface area contributed by atoms with Crippen LogP contribution >= 0.6 is 24.8 Å². The summed E-state index contributed by atoms with van der Waals surface area (Å²) in [6.07, 6.45) is 3.15. The lowest BCUT2D eigenvalue weighted by Gasteiger charge is -2.26. The molecule has 0 unspecified atom stereocenters. The van der Waals surface area contributed by atoms with Crippen molar-refractivity contribution in [3.05, 3.63) is 48.0 Å². The Bertz CT molecular complexity index is 723. The number of rotatable bonds is 3.